The molecule has 0 N–H and O–H groups in total. The number of rotatable bonds is 4. The fourth-order valence-corrected chi connectivity index (χ4v) is 3.03. The molecule has 1 atom stereocenters. The van der Waals surface area contributed by atoms with Crippen molar-refractivity contribution >= 4 is 5.91 Å². The van der Waals surface area contributed by atoms with Gasteiger partial charge in [-0.1, -0.05) is 12.1 Å². The molecule has 1 amide bonds. The topological polar surface area (TPSA) is 47.4 Å². The Balaban J connectivity index is 1.65. The molecule has 0 saturated carbocycles. The van der Waals surface area contributed by atoms with Crippen LogP contribution in [0.3, 0.4) is 0 Å². The van der Waals surface area contributed by atoms with Crippen LogP contribution >= 0.6 is 0 Å². The zero-order valence-corrected chi connectivity index (χ0v) is 13.7. The second-order valence-electron chi connectivity index (χ2n) is 6.31. The van der Waals surface area contributed by atoms with Gasteiger partial charge in [0.05, 0.1) is 5.69 Å². The zero-order chi connectivity index (χ0) is 16.3. The van der Waals surface area contributed by atoms with Gasteiger partial charge in [-0.15, -0.1) is 0 Å². The van der Waals surface area contributed by atoms with E-state index in [1.807, 2.05) is 55.2 Å². The zero-order valence-electron chi connectivity index (χ0n) is 13.7. The molecule has 2 aromatic rings. The average Bonchev–Trinajstić information content (AvgIpc) is 3.10. The highest BCUT2D eigenvalue weighted by atomic mass is 16.5. The van der Waals surface area contributed by atoms with Gasteiger partial charge in [-0.3, -0.25) is 4.79 Å². The monoisotopic (exact) mass is 313 g/mol. The number of nitrogens with zero attached hydrogens (tertiary/aromatic N) is 3. The summed E-state index contributed by atoms with van der Waals surface area (Å²) >= 11 is 0. The van der Waals surface area contributed by atoms with Crippen LogP contribution in [-0.2, 0) is 16.1 Å². The third-order valence-corrected chi connectivity index (χ3v) is 4.39. The van der Waals surface area contributed by atoms with Gasteiger partial charge in [0.15, 0.2) is 0 Å². The minimum absolute atomic E-state index is 0.0633. The van der Waals surface area contributed by atoms with Crippen molar-refractivity contribution in [3.8, 4) is 5.69 Å². The SMILES string of the molecule is CN(Cc1ccc(-n2cccn2)cc1)C(=O)C1(C)CCCCO1. The summed E-state index contributed by atoms with van der Waals surface area (Å²) in [7, 11) is 1.84. The number of hydrogen-bond donors (Lipinski definition) is 0. The van der Waals surface area contributed by atoms with E-state index in [2.05, 4.69) is 5.10 Å². The first kappa shape index (κ1) is 15.7. The molecule has 0 radical (unpaired) electrons. The number of carbonyl (C=O) groups is 1. The molecule has 5 heteroatoms. The van der Waals surface area contributed by atoms with Gasteiger partial charge in [0.25, 0.3) is 5.91 Å². The largest absolute Gasteiger partial charge is 0.365 e. The van der Waals surface area contributed by atoms with E-state index in [0.29, 0.717) is 13.2 Å². The highest BCUT2D eigenvalue weighted by molar-refractivity contribution is 5.84. The average molecular weight is 313 g/mol. The fourth-order valence-electron chi connectivity index (χ4n) is 3.03. The summed E-state index contributed by atoms with van der Waals surface area (Å²) < 4.78 is 7.57. The molecule has 1 fully saturated rings. The lowest BCUT2D eigenvalue weighted by Gasteiger charge is -2.35. The molecule has 122 valence electrons. The smallest absolute Gasteiger partial charge is 0.254 e. The van der Waals surface area contributed by atoms with E-state index in [-0.39, 0.29) is 5.91 Å². The number of benzene rings is 1. The van der Waals surface area contributed by atoms with Crippen molar-refractivity contribution in [2.24, 2.45) is 0 Å². The maximum Gasteiger partial charge on any atom is 0.254 e. The van der Waals surface area contributed by atoms with Crippen molar-refractivity contribution in [2.75, 3.05) is 13.7 Å². The van der Waals surface area contributed by atoms with Crippen LogP contribution in [0.4, 0.5) is 0 Å². The van der Waals surface area contributed by atoms with E-state index in [1.54, 1.807) is 11.1 Å². The number of amides is 1. The van der Waals surface area contributed by atoms with Gasteiger partial charge < -0.3 is 9.64 Å². The molecule has 23 heavy (non-hydrogen) atoms. The van der Waals surface area contributed by atoms with Crippen LogP contribution in [0, 0.1) is 0 Å². The van der Waals surface area contributed by atoms with Crippen molar-refractivity contribution in [3.05, 3.63) is 48.3 Å². The van der Waals surface area contributed by atoms with E-state index in [1.165, 1.54) is 0 Å². The standard InChI is InChI=1S/C18H23N3O2/c1-18(10-3-4-13-23-18)17(22)20(2)14-15-6-8-16(9-7-15)21-12-5-11-19-21/h5-9,11-12H,3-4,10,13-14H2,1-2H3. The lowest BCUT2D eigenvalue weighted by molar-refractivity contribution is -0.161. The van der Waals surface area contributed by atoms with E-state index < -0.39 is 5.60 Å². The Morgan fingerprint density at radius 3 is 2.74 bits per heavy atom. The predicted molar refractivity (Wildman–Crippen MR) is 88.2 cm³/mol. The summed E-state index contributed by atoms with van der Waals surface area (Å²) in [6.07, 6.45) is 6.56. The molecule has 1 aromatic heterocycles. The Morgan fingerprint density at radius 2 is 2.13 bits per heavy atom. The Morgan fingerprint density at radius 1 is 1.35 bits per heavy atom. The van der Waals surface area contributed by atoms with Crippen molar-refractivity contribution in [3.63, 3.8) is 0 Å². The van der Waals surface area contributed by atoms with Crippen LogP contribution in [0.1, 0.15) is 31.7 Å². The summed E-state index contributed by atoms with van der Waals surface area (Å²) in [5.41, 5.74) is 1.44. The van der Waals surface area contributed by atoms with Gasteiger partial charge in [-0.2, -0.15) is 5.10 Å². The second kappa shape index (κ2) is 6.54. The third kappa shape index (κ3) is 3.45. The van der Waals surface area contributed by atoms with Crippen LogP contribution in [-0.4, -0.2) is 39.8 Å². The Labute approximate surface area is 136 Å². The molecule has 1 unspecified atom stereocenters. The molecule has 1 saturated heterocycles. The first-order valence-electron chi connectivity index (χ1n) is 8.07. The summed E-state index contributed by atoms with van der Waals surface area (Å²) in [5.74, 6) is 0.0633. The predicted octanol–water partition coefficient (Wildman–Crippen LogP) is 2.79. The van der Waals surface area contributed by atoms with Crippen LogP contribution < -0.4 is 0 Å². The van der Waals surface area contributed by atoms with E-state index in [9.17, 15) is 4.79 Å². The Bertz CT molecular complexity index is 643. The molecular formula is C18H23N3O2. The lowest BCUT2D eigenvalue weighted by Crippen LogP contribution is -2.48. The summed E-state index contributed by atoms with van der Waals surface area (Å²) in [4.78, 5) is 14.4. The maximum atomic E-state index is 12.7. The van der Waals surface area contributed by atoms with Crippen LogP contribution in [0.2, 0.25) is 0 Å². The van der Waals surface area contributed by atoms with E-state index in [4.69, 9.17) is 4.74 Å². The minimum atomic E-state index is -0.665. The highest BCUT2D eigenvalue weighted by Gasteiger charge is 2.37. The molecule has 0 bridgehead atoms. The number of likely N-dealkylation sites (N-methyl/N-ethyl adjacent to an activating group) is 1. The second-order valence-corrected chi connectivity index (χ2v) is 6.31. The third-order valence-electron chi connectivity index (χ3n) is 4.39. The number of ether oxygens (including phenoxy) is 1. The first-order chi connectivity index (χ1) is 11.1. The molecule has 2 heterocycles. The molecule has 1 aliphatic rings. The Hall–Kier alpha value is -2.14. The molecular weight excluding hydrogens is 290 g/mol. The van der Waals surface area contributed by atoms with E-state index >= 15 is 0 Å². The molecule has 1 aliphatic heterocycles. The van der Waals surface area contributed by atoms with Gasteiger partial charge in [0.2, 0.25) is 0 Å². The first-order valence-corrected chi connectivity index (χ1v) is 8.07. The molecule has 1 aromatic carbocycles. The van der Waals surface area contributed by atoms with Crippen LogP contribution in [0.5, 0.6) is 0 Å². The highest BCUT2D eigenvalue weighted by Crippen LogP contribution is 2.26. The molecule has 5 nitrogen and oxygen atoms in total. The van der Waals surface area contributed by atoms with Crippen molar-refractivity contribution in [2.45, 2.75) is 38.3 Å². The molecule has 0 spiro atoms. The summed E-state index contributed by atoms with van der Waals surface area (Å²) in [6.45, 7) is 3.16. The number of hydrogen-bond acceptors (Lipinski definition) is 3. The maximum absolute atomic E-state index is 12.7. The van der Waals surface area contributed by atoms with Crippen molar-refractivity contribution < 1.29 is 9.53 Å². The van der Waals surface area contributed by atoms with Crippen LogP contribution in [0.15, 0.2) is 42.7 Å². The lowest BCUT2D eigenvalue weighted by atomic mass is 9.94. The minimum Gasteiger partial charge on any atom is -0.365 e. The summed E-state index contributed by atoms with van der Waals surface area (Å²) in [6, 6.07) is 9.99. The number of aromatic nitrogens is 2. The van der Waals surface area contributed by atoms with Gasteiger partial charge in [0, 0.05) is 32.6 Å². The van der Waals surface area contributed by atoms with Gasteiger partial charge >= 0.3 is 0 Å². The molecule has 3 rings (SSSR count). The quantitative estimate of drug-likeness (QED) is 0.872. The Kier molecular flexibility index (Phi) is 4.48. The number of carbonyl (C=O) groups excluding carboxylic acids is 1. The van der Waals surface area contributed by atoms with Gasteiger partial charge in [-0.05, 0) is 49.9 Å². The van der Waals surface area contributed by atoms with Crippen LogP contribution in [0.25, 0.3) is 5.69 Å². The fraction of sp³-hybridized carbons (Fsp3) is 0.444. The van der Waals surface area contributed by atoms with Crippen molar-refractivity contribution in [1.82, 2.24) is 14.7 Å². The van der Waals surface area contributed by atoms with Gasteiger partial charge in [-0.25, -0.2) is 4.68 Å². The van der Waals surface area contributed by atoms with Gasteiger partial charge in [0.1, 0.15) is 5.60 Å². The molecule has 0 aliphatic carbocycles. The summed E-state index contributed by atoms with van der Waals surface area (Å²) in [5, 5.41) is 4.21. The van der Waals surface area contributed by atoms with E-state index in [0.717, 1.165) is 30.5 Å². The van der Waals surface area contributed by atoms with Crippen molar-refractivity contribution in [1.29, 1.82) is 0 Å². The normalized spacial score (nSPS) is 21.1.